The Balaban J connectivity index is 1.53. The van der Waals surface area contributed by atoms with E-state index in [1.165, 1.54) is 23.1 Å². The fraction of sp³-hybridized carbons (Fsp3) is 0.176. The molecule has 1 heterocycles. The summed E-state index contributed by atoms with van der Waals surface area (Å²) in [5, 5.41) is 13.7. The number of nitrogens with zero attached hydrogens (tertiary/aromatic N) is 4. The van der Waals surface area contributed by atoms with Gasteiger partial charge < -0.3 is 5.32 Å². The van der Waals surface area contributed by atoms with Crippen LogP contribution in [0.2, 0.25) is 0 Å². The van der Waals surface area contributed by atoms with Gasteiger partial charge in [0.25, 0.3) is 5.91 Å². The van der Waals surface area contributed by atoms with Gasteiger partial charge in [-0.2, -0.15) is 0 Å². The Hall–Kier alpha value is -2.63. The number of carbonyl (C=O) groups excluding carboxylic acids is 1. The molecule has 1 fully saturated rings. The molecular weight excluding hydrogens is 448 g/mol. The van der Waals surface area contributed by atoms with Crippen molar-refractivity contribution >= 4 is 37.5 Å². The fourth-order valence-corrected chi connectivity index (χ4v) is 4.27. The van der Waals surface area contributed by atoms with Gasteiger partial charge in [-0.25, -0.2) is 17.8 Å². The topological polar surface area (TPSA) is 119 Å². The maximum atomic E-state index is 12.7. The first-order valence-corrected chi connectivity index (χ1v) is 10.7. The standard InChI is InChI=1S/C17H15BrN6O3S/c18-16-8-7-14(28(26,27)21-12-1-2-12)9-15(16)17(25)20-11-3-5-13(6-4-11)24-10-19-22-23-24/h3-10,12,21H,1-2H2,(H,20,25). The average molecular weight is 463 g/mol. The van der Waals surface area contributed by atoms with E-state index in [1.807, 2.05) is 0 Å². The number of rotatable bonds is 6. The molecule has 28 heavy (non-hydrogen) atoms. The molecule has 9 nitrogen and oxygen atoms in total. The molecule has 4 rings (SSSR count). The number of hydrogen-bond acceptors (Lipinski definition) is 6. The van der Waals surface area contributed by atoms with Crippen LogP contribution in [0.3, 0.4) is 0 Å². The smallest absolute Gasteiger partial charge is 0.256 e. The van der Waals surface area contributed by atoms with Crippen molar-refractivity contribution < 1.29 is 13.2 Å². The highest BCUT2D eigenvalue weighted by atomic mass is 79.9. The number of carbonyl (C=O) groups is 1. The third-order valence-corrected chi connectivity index (χ3v) is 6.34. The van der Waals surface area contributed by atoms with Gasteiger partial charge in [-0.05, 0) is 81.7 Å². The number of hydrogen-bond donors (Lipinski definition) is 2. The first-order valence-electron chi connectivity index (χ1n) is 8.39. The zero-order valence-corrected chi connectivity index (χ0v) is 16.8. The van der Waals surface area contributed by atoms with Crippen molar-refractivity contribution in [3.05, 3.63) is 58.8 Å². The van der Waals surface area contributed by atoms with Gasteiger partial charge in [0.15, 0.2) is 0 Å². The SMILES string of the molecule is O=C(Nc1ccc(-n2cnnn2)cc1)c1cc(S(=O)(=O)NC2CC2)ccc1Br. The lowest BCUT2D eigenvalue weighted by molar-refractivity contribution is 0.102. The maximum Gasteiger partial charge on any atom is 0.256 e. The van der Waals surface area contributed by atoms with E-state index in [0.29, 0.717) is 10.2 Å². The number of amides is 1. The van der Waals surface area contributed by atoms with Crippen molar-refractivity contribution in [2.75, 3.05) is 5.32 Å². The number of aromatic nitrogens is 4. The molecule has 0 unspecified atom stereocenters. The van der Waals surface area contributed by atoms with Gasteiger partial charge in [-0.15, -0.1) is 5.10 Å². The highest BCUT2D eigenvalue weighted by Crippen LogP contribution is 2.25. The summed E-state index contributed by atoms with van der Waals surface area (Å²) in [5.74, 6) is -0.425. The predicted molar refractivity (Wildman–Crippen MR) is 105 cm³/mol. The zero-order valence-electron chi connectivity index (χ0n) is 14.4. The van der Waals surface area contributed by atoms with Gasteiger partial charge >= 0.3 is 0 Å². The molecule has 1 aromatic heterocycles. The highest BCUT2D eigenvalue weighted by molar-refractivity contribution is 9.10. The fourth-order valence-electron chi connectivity index (χ4n) is 2.51. The van der Waals surface area contributed by atoms with Crippen molar-refractivity contribution in [1.29, 1.82) is 0 Å². The lowest BCUT2D eigenvalue weighted by Crippen LogP contribution is -2.26. The van der Waals surface area contributed by atoms with Crippen LogP contribution in [0.1, 0.15) is 23.2 Å². The summed E-state index contributed by atoms with van der Waals surface area (Å²) >= 11 is 3.31. The molecule has 0 atom stereocenters. The Bertz CT molecular complexity index is 1110. The molecule has 144 valence electrons. The van der Waals surface area contributed by atoms with Crippen LogP contribution in [0.25, 0.3) is 5.69 Å². The van der Waals surface area contributed by atoms with E-state index in [9.17, 15) is 13.2 Å². The molecule has 2 aromatic carbocycles. The van der Waals surface area contributed by atoms with Crippen molar-refractivity contribution in [3.8, 4) is 5.69 Å². The Labute approximate surface area is 169 Å². The summed E-state index contributed by atoms with van der Waals surface area (Å²) in [6.45, 7) is 0. The quantitative estimate of drug-likeness (QED) is 0.578. The van der Waals surface area contributed by atoms with Gasteiger partial charge in [0.05, 0.1) is 16.1 Å². The minimum atomic E-state index is -3.65. The minimum absolute atomic E-state index is 0.00961. The van der Waals surface area contributed by atoms with E-state index in [4.69, 9.17) is 0 Å². The molecule has 0 spiro atoms. The van der Waals surface area contributed by atoms with Crippen LogP contribution in [0.5, 0.6) is 0 Å². The summed E-state index contributed by atoms with van der Waals surface area (Å²) < 4.78 is 29.4. The van der Waals surface area contributed by atoms with Gasteiger partial charge in [0.1, 0.15) is 6.33 Å². The minimum Gasteiger partial charge on any atom is -0.322 e. The van der Waals surface area contributed by atoms with Gasteiger partial charge in [0.2, 0.25) is 10.0 Å². The second-order valence-electron chi connectivity index (χ2n) is 6.29. The van der Waals surface area contributed by atoms with Crippen molar-refractivity contribution in [2.45, 2.75) is 23.8 Å². The molecule has 2 N–H and O–H groups in total. The van der Waals surface area contributed by atoms with Crippen LogP contribution < -0.4 is 10.0 Å². The van der Waals surface area contributed by atoms with E-state index in [1.54, 1.807) is 30.3 Å². The molecule has 0 radical (unpaired) electrons. The van der Waals surface area contributed by atoms with Crippen LogP contribution in [0.4, 0.5) is 5.69 Å². The number of benzene rings is 2. The Kier molecular flexibility index (Phi) is 4.96. The third kappa shape index (κ3) is 4.11. The number of halogens is 1. The summed E-state index contributed by atoms with van der Waals surface area (Å²) in [7, 11) is -3.65. The summed E-state index contributed by atoms with van der Waals surface area (Å²) in [5.41, 5.74) is 1.52. The first kappa shape index (κ1) is 18.7. The molecule has 0 bridgehead atoms. The highest BCUT2D eigenvalue weighted by Gasteiger charge is 2.28. The van der Waals surface area contributed by atoms with Crippen LogP contribution >= 0.6 is 15.9 Å². The second kappa shape index (κ2) is 7.41. The van der Waals surface area contributed by atoms with Crippen LogP contribution in [-0.2, 0) is 10.0 Å². The molecular formula is C17H15BrN6O3S. The second-order valence-corrected chi connectivity index (χ2v) is 8.86. The van der Waals surface area contributed by atoms with Gasteiger partial charge in [0, 0.05) is 16.2 Å². The van der Waals surface area contributed by atoms with Gasteiger partial charge in [-0.1, -0.05) is 0 Å². The molecule has 11 heteroatoms. The third-order valence-electron chi connectivity index (χ3n) is 4.13. The largest absolute Gasteiger partial charge is 0.322 e. The molecule has 3 aromatic rings. The zero-order chi connectivity index (χ0) is 19.7. The van der Waals surface area contributed by atoms with E-state index in [-0.39, 0.29) is 16.5 Å². The number of nitrogens with one attached hydrogen (secondary N) is 2. The normalized spacial score (nSPS) is 14.0. The Morgan fingerprint density at radius 1 is 1.14 bits per heavy atom. The number of tetrazole rings is 1. The Morgan fingerprint density at radius 2 is 1.89 bits per heavy atom. The summed E-state index contributed by atoms with van der Waals surface area (Å²) in [4.78, 5) is 12.7. The molecule has 1 saturated carbocycles. The summed E-state index contributed by atoms with van der Waals surface area (Å²) in [6, 6.07) is 11.3. The molecule has 1 aliphatic rings. The number of anilines is 1. The molecule has 0 saturated heterocycles. The van der Waals surface area contributed by atoms with E-state index in [2.05, 4.69) is 41.5 Å². The molecule has 0 aliphatic heterocycles. The van der Waals surface area contributed by atoms with E-state index in [0.717, 1.165) is 18.5 Å². The molecule has 1 amide bonds. The van der Waals surface area contributed by atoms with Crippen molar-refractivity contribution in [1.82, 2.24) is 24.9 Å². The number of sulfonamides is 1. The average Bonchev–Trinajstić information content (AvgIpc) is 3.30. The van der Waals surface area contributed by atoms with Crippen LogP contribution in [-0.4, -0.2) is 40.6 Å². The van der Waals surface area contributed by atoms with Crippen LogP contribution in [0.15, 0.2) is 58.2 Å². The van der Waals surface area contributed by atoms with E-state index >= 15 is 0 Å². The molecule has 1 aliphatic carbocycles. The monoisotopic (exact) mass is 462 g/mol. The van der Waals surface area contributed by atoms with Crippen molar-refractivity contribution in [3.63, 3.8) is 0 Å². The first-order chi connectivity index (χ1) is 13.4. The maximum absolute atomic E-state index is 12.7. The summed E-state index contributed by atoms with van der Waals surface area (Å²) in [6.07, 6.45) is 3.14. The lowest BCUT2D eigenvalue weighted by Gasteiger charge is -2.10. The lowest BCUT2D eigenvalue weighted by atomic mass is 10.2. The van der Waals surface area contributed by atoms with E-state index < -0.39 is 15.9 Å². The Morgan fingerprint density at radius 3 is 2.54 bits per heavy atom. The van der Waals surface area contributed by atoms with Gasteiger partial charge in [-0.3, -0.25) is 4.79 Å². The van der Waals surface area contributed by atoms with Crippen molar-refractivity contribution in [2.24, 2.45) is 0 Å². The predicted octanol–water partition coefficient (Wildman–Crippen LogP) is 2.12. The van der Waals surface area contributed by atoms with Crippen LogP contribution in [0, 0.1) is 0 Å².